The summed E-state index contributed by atoms with van der Waals surface area (Å²) in [5.74, 6) is 0. The van der Waals surface area contributed by atoms with Gasteiger partial charge in [-0.25, -0.2) is 0 Å². The second-order valence-corrected chi connectivity index (χ2v) is 6.05. The smallest absolute Gasteiger partial charge is 0.0534 e. The molecule has 0 aliphatic heterocycles. The van der Waals surface area contributed by atoms with E-state index in [1.165, 1.54) is 33.3 Å². The summed E-state index contributed by atoms with van der Waals surface area (Å²) in [6.45, 7) is 2.13. The van der Waals surface area contributed by atoms with E-state index >= 15 is 0 Å². The summed E-state index contributed by atoms with van der Waals surface area (Å²) in [6.07, 6.45) is 4.40. The van der Waals surface area contributed by atoms with E-state index in [0.717, 1.165) is 0 Å². The minimum Gasteiger partial charge on any atom is -0.316 e. The molecular weight excluding hydrogens is 290 g/mol. The number of hydrogen-bond acceptors (Lipinski definition) is 0. The first-order valence-corrected chi connectivity index (χ1v) is 8.21. The molecule has 0 aliphatic rings. The second-order valence-electron chi connectivity index (χ2n) is 6.05. The highest BCUT2D eigenvalue weighted by Crippen LogP contribution is 2.27. The van der Waals surface area contributed by atoms with Crippen LogP contribution in [0.2, 0.25) is 0 Å². The Labute approximate surface area is 142 Å². The number of aromatic nitrogens is 1. The van der Waals surface area contributed by atoms with E-state index in [2.05, 4.69) is 103 Å². The summed E-state index contributed by atoms with van der Waals surface area (Å²) in [4.78, 5) is 0. The van der Waals surface area contributed by atoms with Crippen molar-refractivity contribution in [3.63, 3.8) is 0 Å². The van der Waals surface area contributed by atoms with E-state index in [4.69, 9.17) is 0 Å². The minimum absolute atomic E-state index is 1.18. The number of rotatable bonds is 3. The first-order chi connectivity index (χ1) is 11.8. The number of hydrogen-bond donors (Lipinski definition) is 0. The maximum absolute atomic E-state index is 2.27. The third kappa shape index (κ3) is 2.77. The van der Waals surface area contributed by atoms with Gasteiger partial charge in [-0.2, -0.15) is 0 Å². The average Bonchev–Trinajstić information content (AvgIpc) is 3.04. The van der Waals surface area contributed by atoms with Crippen molar-refractivity contribution in [2.45, 2.75) is 6.92 Å². The lowest BCUT2D eigenvalue weighted by Gasteiger charge is -2.12. The molecule has 0 radical (unpaired) electrons. The molecule has 0 bridgehead atoms. The first kappa shape index (κ1) is 14.5. The van der Waals surface area contributed by atoms with Gasteiger partial charge in [0.25, 0.3) is 0 Å². The molecule has 24 heavy (non-hydrogen) atoms. The summed E-state index contributed by atoms with van der Waals surface area (Å²) in [7, 11) is 0. The molecule has 0 amide bonds. The molecule has 0 N–H and O–H groups in total. The number of fused-ring (bicyclic) bond motifs is 1. The van der Waals surface area contributed by atoms with Crippen LogP contribution in [0.15, 0.2) is 91.1 Å². The van der Waals surface area contributed by atoms with E-state index < -0.39 is 0 Å². The molecule has 0 unspecified atom stereocenters. The summed E-state index contributed by atoms with van der Waals surface area (Å²) >= 11 is 0. The predicted octanol–water partition coefficient (Wildman–Crippen LogP) is 6.00. The number of benzene rings is 3. The van der Waals surface area contributed by atoms with Crippen LogP contribution in [0, 0.1) is 6.92 Å². The third-order valence-corrected chi connectivity index (χ3v) is 4.28. The largest absolute Gasteiger partial charge is 0.316 e. The lowest BCUT2D eigenvalue weighted by molar-refractivity contribution is 1.17. The molecule has 0 spiro atoms. The van der Waals surface area contributed by atoms with Crippen molar-refractivity contribution in [1.29, 1.82) is 0 Å². The van der Waals surface area contributed by atoms with Crippen molar-refractivity contribution in [3.05, 3.63) is 108 Å². The molecule has 1 nitrogen and oxygen atoms in total. The third-order valence-electron chi connectivity index (χ3n) is 4.28. The molecule has 3 aromatic carbocycles. The quantitative estimate of drug-likeness (QED) is 0.409. The summed E-state index contributed by atoms with van der Waals surface area (Å²) < 4.78 is 2.27. The molecule has 0 aliphatic carbocycles. The van der Waals surface area contributed by atoms with Crippen molar-refractivity contribution in [1.82, 2.24) is 4.57 Å². The van der Waals surface area contributed by atoms with E-state index in [1.54, 1.807) is 0 Å². The van der Waals surface area contributed by atoms with E-state index in [9.17, 15) is 0 Å². The molecule has 1 aromatic heterocycles. The van der Waals surface area contributed by atoms with Gasteiger partial charge in [0.1, 0.15) is 0 Å². The fourth-order valence-corrected chi connectivity index (χ4v) is 3.08. The fraction of sp³-hybridized carbons (Fsp3) is 0.0435. The highest BCUT2D eigenvalue weighted by Gasteiger charge is 2.08. The van der Waals surface area contributed by atoms with Crippen LogP contribution in [0.5, 0.6) is 0 Å². The maximum atomic E-state index is 2.27. The SMILES string of the molecule is Cc1ccc2c(ccn2/C(=C/c2ccccc2)c2ccccc2)c1. The summed E-state index contributed by atoms with van der Waals surface area (Å²) in [5, 5.41) is 1.27. The molecule has 0 saturated carbocycles. The Balaban J connectivity index is 1.94. The van der Waals surface area contributed by atoms with Crippen LogP contribution in [0.4, 0.5) is 0 Å². The summed E-state index contributed by atoms with van der Waals surface area (Å²) in [6, 6.07) is 29.8. The monoisotopic (exact) mass is 309 g/mol. The molecule has 1 heterocycles. The van der Waals surface area contributed by atoms with Crippen molar-refractivity contribution in [2.75, 3.05) is 0 Å². The van der Waals surface area contributed by atoms with Crippen molar-refractivity contribution >= 4 is 22.7 Å². The zero-order valence-electron chi connectivity index (χ0n) is 13.7. The molecule has 0 fully saturated rings. The summed E-state index contributed by atoms with van der Waals surface area (Å²) in [5.41, 5.74) is 6.10. The van der Waals surface area contributed by atoms with Crippen LogP contribution in [0.1, 0.15) is 16.7 Å². The van der Waals surface area contributed by atoms with E-state index in [0.29, 0.717) is 0 Å². The fourth-order valence-electron chi connectivity index (χ4n) is 3.08. The zero-order chi connectivity index (χ0) is 16.4. The van der Waals surface area contributed by atoms with E-state index in [-0.39, 0.29) is 0 Å². The molecule has 0 atom stereocenters. The lowest BCUT2D eigenvalue weighted by atomic mass is 10.1. The predicted molar refractivity (Wildman–Crippen MR) is 103 cm³/mol. The lowest BCUT2D eigenvalue weighted by Crippen LogP contribution is -1.97. The molecule has 4 rings (SSSR count). The molecule has 116 valence electrons. The van der Waals surface area contributed by atoms with Gasteiger partial charge in [0.2, 0.25) is 0 Å². The second kappa shape index (κ2) is 6.21. The van der Waals surface area contributed by atoms with Gasteiger partial charge >= 0.3 is 0 Å². The van der Waals surface area contributed by atoms with Crippen molar-refractivity contribution in [2.24, 2.45) is 0 Å². The van der Waals surface area contributed by atoms with Crippen LogP contribution in [0.3, 0.4) is 0 Å². The average molecular weight is 309 g/mol. The van der Waals surface area contributed by atoms with Gasteiger partial charge in [-0.05, 0) is 42.3 Å². The van der Waals surface area contributed by atoms with Crippen LogP contribution in [-0.2, 0) is 0 Å². The Hall–Kier alpha value is -3.06. The van der Waals surface area contributed by atoms with Gasteiger partial charge in [0, 0.05) is 11.6 Å². The van der Waals surface area contributed by atoms with Crippen molar-refractivity contribution in [3.8, 4) is 0 Å². The molecule has 0 saturated heterocycles. The standard InChI is InChI=1S/C23H19N/c1-18-12-13-22-21(16-18)14-15-24(22)23(20-10-6-3-7-11-20)17-19-8-4-2-5-9-19/h2-17H,1H3/b23-17+. The van der Waals surface area contributed by atoms with Gasteiger partial charge in [-0.1, -0.05) is 72.3 Å². The Morgan fingerprint density at radius 3 is 2.25 bits per heavy atom. The Bertz CT molecular complexity index is 992. The first-order valence-electron chi connectivity index (χ1n) is 8.21. The molecule has 4 aromatic rings. The van der Waals surface area contributed by atoms with Gasteiger partial charge in [0.15, 0.2) is 0 Å². The number of nitrogens with zero attached hydrogens (tertiary/aromatic N) is 1. The topological polar surface area (TPSA) is 4.93 Å². The Morgan fingerprint density at radius 1 is 0.792 bits per heavy atom. The Kier molecular flexibility index (Phi) is 3.76. The van der Waals surface area contributed by atoms with Crippen LogP contribution >= 0.6 is 0 Å². The zero-order valence-corrected chi connectivity index (χ0v) is 13.7. The van der Waals surface area contributed by atoms with Gasteiger partial charge < -0.3 is 4.57 Å². The van der Waals surface area contributed by atoms with Crippen LogP contribution in [-0.4, -0.2) is 4.57 Å². The highest BCUT2D eigenvalue weighted by molar-refractivity contribution is 5.90. The maximum Gasteiger partial charge on any atom is 0.0534 e. The van der Waals surface area contributed by atoms with Gasteiger partial charge in [-0.15, -0.1) is 0 Å². The van der Waals surface area contributed by atoms with Crippen molar-refractivity contribution < 1.29 is 0 Å². The van der Waals surface area contributed by atoms with Gasteiger partial charge in [-0.3, -0.25) is 0 Å². The van der Waals surface area contributed by atoms with Crippen LogP contribution < -0.4 is 0 Å². The van der Waals surface area contributed by atoms with E-state index in [1.807, 2.05) is 6.07 Å². The van der Waals surface area contributed by atoms with Gasteiger partial charge in [0.05, 0.1) is 11.2 Å². The number of aryl methyl sites for hydroxylation is 1. The highest BCUT2D eigenvalue weighted by atomic mass is 15.0. The minimum atomic E-state index is 1.18. The normalized spacial score (nSPS) is 11.8. The molecule has 1 heteroatoms. The van der Waals surface area contributed by atoms with Crippen LogP contribution in [0.25, 0.3) is 22.7 Å². The molecular formula is C23H19N. The Morgan fingerprint density at radius 2 is 1.50 bits per heavy atom.